The normalized spacial score (nSPS) is 11.2. The molecule has 0 aromatic carbocycles. The summed E-state index contributed by atoms with van der Waals surface area (Å²) >= 11 is 0. The number of hydrogen-bond acceptors (Lipinski definition) is 13. The fraction of sp³-hybridized carbons (Fsp3) is 0.839. The summed E-state index contributed by atoms with van der Waals surface area (Å²) < 4.78 is 0. The van der Waals surface area contributed by atoms with Crippen LogP contribution in [0.1, 0.15) is 44.9 Å². The van der Waals surface area contributed by atoms with E-state index < -0.39 is 0 Å². The van der Waals surface area contributed by atoms with Gasteiger partial charge in [0.05, 0.1) is 0 Å². The van der Waals surface area contributed by atoms with Crippen LogP contribution >= 0.6 is 0 Å². The topological polar surface area (TPSA) is 285 Å². The molecule has 0 aliphatic carbocycles. The van der Waals surface area contributed by atoms with Crippen LogP contribution in [0.15, 0.2) is 0 Å². The first kappa shape index (κ1) is 46.0. The summed E-state index contributed by atoms with van der Waals surface area (Å²) in [5.74, 6) is -0.437. The van der Waals surface area contributed by atoms with E-state index in [1.807, 2.05) is 0 Å². The Labute approximate surface area is 292 Å². The van der Waals surface area contributed by atoms with Gasteiger partial charge in [-0.2, -0.15) is 0 Å². The number of amides is 5. The molecule has 0 rings (SSSR count). The number of nitrogens with one attached hydrogen (secondary N) is 5. The van der Waals surface area contributed by atoms with Crippen molar-refractivity contribution in [3.05, 3.63) is 0 Å². The summed E-state index contributed by atoms with van der Waals surface area (Å²) in [5.41, 5.74) is 27.5. The standard InChI is InChI=1S/C31H67N13O5/c32-8-13-37-27(45)3-22-42(18-1-20-43(23-4-28(46)38-14-9-33)24-5-29(47)39-15-10-34)19-2-21-44(25-6-30(48)40-16-11-35)26-7-31(49)41-17-12-36/h1-26,32-36H2,(H,37,45)(H,38,46)(H,39,47)(H,40,48)(H,41,49). The van der Waals surface area contributed by atoms with Crippen LogP contribution in [0.3, 0.4) is 0 Å². The Morgan fingerprint density at radius 3 is 0.694 bits per heavy atom. The largest absolute Gasteiger partial charge is 0.355 e. The molecule has 0 radical (unpaired) electrons. The van der Waals surface area contributed by atoms with Crippen molar-refractivity contribution in [2.45, 2.75) is 44.9 Å². The highest BCUT2D eigenvalue weighted by Gasteiger charge is 2.15. The second-order valence-electron chi connectivity index (χ2n) is 11.7. The lowest BCUT2D eigenvalue weighted by Gasteiger charge is -2.27. The van der Waals surface area contributed by atoms with Gasteiger partial charge >= 0.3 is 0 Å². The zero-order valence-electron chi connectivity index (χ0n) is 29.7. The first-order chi connectivity index (χ1) is 23.7. The third-order valence-corrected chi connectivity index (χ3v) is 7.51. The van der Waals surface area contributed by atoms with E-state index in [2.05, 4.69) is 41.3 Å². The van der Waals surface area contributed by atoms with Gasteiger partial charge in [0.15, 0.2) is 0 Å². The van der Waals surface area contributed by atoms with Crippen molar-refractivity contribution in [3.8, 4) is 0 Å². The van der Waals surface area contributed by atoms with Gasteiger partial charge in [0.1, 0.15) is 0 Å². The molecule has 15 N–H and O–H groups in total. The first-order valence-corrected chi connectivity index (χ1v) is 17.7. The van der Waals surface area contributed by atoms with Crippen LogP contribution in [0.25, 0.3) is 0 Å². The number of hydrogen-bond donors (Lipinski definition) is 10. The van der Waals surface area contributed by atoms with Gasteiger partial charge in [0, 0.05) is 130 Å². The van der Waals surface area contributed by atoms with Gasteiger partial charge in [-0.05, 0) is 39.0 Å². The molecule has 18 nitrogen and oxygen atoms in total. The van der Waals surface area contributed by atoms with E-state index in [9.17, 15) is 24.0 Å². The third-order valence-electron chi connectivity index (χ3n) is 7.51. The highest BCUT2D eigenvalue weighted by molar-refractivity contribution is 5.77. The summed E-state index contributed by atoms with van der Waals surface area (Å²) in [5, 5.41) is 13.9. The lowest BCUT2D eigenvalue weighted by molar-refractivity contribution is -0.123. The molecule has 0 saturated heterocycles. The fourth-order valence-electron chi connectivity index (χ4n) is 4.84. The van der Waals surface area contributed by atoms with Crippen molar-refractivity contribution in [2.75, 3.05) is 124 Å². The van der Waals surface area contributed by atoms with Crippen molar-refractivity contribution in [1.82, 2.24) is 41.3 Å². The van der Waals surface area contributed by atoms with E-state index in [4.69, 9.17) is 28.7 Å². The minimum Gasteiger partial charge on any atom is -0.355 e. The summed E-state index contributed by atoms with van der Waals surface area (Å²) in [7, 11) is 0. The molecule has 0 saturated carbocycles. The van der Waals surface area contributed by atoms with E-state index in [1.165, 1.54) is 0 Å². The van der Waals surface area contributed by atoms with Gasteiger partial charge in [0.2, 0.25) is 29.5 Å². The molecule has 0 bridgehead atoms. The lowest BCUT2D eigenvalue weighted by atomic mass is 10.2. The smallest absolute Gasteiger partial charge is 0.221 e. The lowest BCUT2D eigenvalue weighted by Crippen LogP contribution is -2.39. The fourth-order valence-corrected chi connectivity index (χ4v) is 4.84. The van der Waals surface area contributed by atoms with E-state index in [0.29, 0.717) is 156 Å². The molecule has 0 aromatic rings. The van der Waals surface area contributed by atoms with Gasteiger partial charge in [-0.15, -0.1) is 0 Å². The molecular formula is C31H67N13O5. The monoisotopic (exact) mass is 702 g/mol. The number of nitrogens with two attached hydrogens (primary N) is 5. The Morgan fingerprint density at radius 1 is 0.327 bits per heavy atom. The molecule has 0 atom stereocenters. The molecule has 0 aliphatic heterocycles. The highest BCUT2D eigenvalue weighted by atomic mass is 16.2. The van der Waals surface area contributed by atoms with Crippen LogP contribution in [0, 0.1) is 0 Å². The maximum Gasteiger partial charge on any atom is 0.221 e. The molecule has 49 heavy (non-hydrogen) atoms. The van der Waals surface area contributed by atoms with Crippen molar-refractivity contribution in [1.29, 1.82) is 0 Å². The molecule has 0 fully saturated rings. The van der Waals surface area contributed by atoms with E-state index >= 15 is 0 Å². The Balaban J connectivity index is 5.35. The molecule has 286 valence electrons. The van der Waals surface area contributed by atoms with E-state index in [-0.39, 0.29) is 29.5 Å². The molecular weight excluding hydrogens is 634 g/mol. The molecule has 5 amide bonds. The molecule has 0 unspecified atom stereocenters. The minimum atomic E-state index is -0.0913. The average Bonchev–Trinajstić information content (AvgIpc) is 3.10. The number of rotatable bonds is 33. The van der Waals surface area contributed by atoms with Gasteiger partial charge in [0.25, 0.3) is 0 Å². The second-order valence-corrected chi connectivity index (χ2v) is 11.7. The molecule has 0 aromatic heterocycles. The quantitative estimate of drug-likeness (QED) is 0.0307. The van der Waals surface area contributed by atoms with Crippen molar-refractivity contribution >= 4 is 29.5 Å². The SMILES string of the molecule is NCCNC(=O)CCN(CCCN(CCC(=O)NCCN)CCC(=O)NCCN)CCCN(CCC(=O)NCCN)CCC(=O)NCCN. The van der Waals surface area contributed by atoms with Crippen molar-refractivity contribution in [2.24, 2.45) is 28.7 Å². The maximum absolute atomic E-state index is 12.4. The first-order valence-electron chi connectivity index (χ1n) is 17.7. The van der Waals surface area contributed by atoms with Gasteiger partial charge in [-0.1, -0.05) is 0 Å². The van der Waals surface area contributed by atoms with Crippen LogP contribution in [0.5, 0.6) is 0 Å². The van der Waals surface area contributed by atoms with E-state index in [1.54, 1.807) is 0 Å². The van der Waals surface area contributed by atoms with Crippen molar-refractivity contribution < 1.29 is 24.0 Å². The van der Waals surface area contributed by atoms with Gasteiger partial charge in [-0.3, -0.25) is 24.0 Å². The van der Waals surface area contributed by atoms with Gasteiger partial charge < -0.3 is 70.0 Å². The molecule has 18 heteroatoms. The third kappa shape index (κ3) is 28.6. The molecule has 0 aliphatic rings. The van der Waals surface area contributed by atoms with Crippen LogP contribution < -0.4 is 55.3 Å². The predicted octanol–water partition coefficient (Wildman–Crippen LogP) is -5.00. The average molecular weight is 702 g/mol. The Hall–Kier alpha value is -2.97. The maximum atomic E-state index is 12.4. The molecule has 0 spiro atoms. The molecule has 0 heterocycles. The Kier molecular flexibility index (Phi) is 30.3. The predicted molar refractivity (Wildman–Crippen MR) is 192 cm³/mol. The summed E-state index contributed by atoms with van der Waals surface area (Å²) in [6, 6.07) is 0. The summed E-state index contributed by atoms with van der Waals surface area (Å²) in [4.78, 5) is 67.7. The summed E-state index contributed by atoms with van der Waals surface area (Å²) in [6.07, 6.45) is 3.00. The zero-order valence-corrected chi connectivity index (χ0v) is 29.7. The second kappa shape index (κ2) is 32.2. The Bertz CT molecular complexity index is 794. The van der Waals surface area contributed by atoms with Crippen LogP contribution in [-0.4, -0.2) is 169 Å². The summed E-state index contributed by atoms with van der Waals surface area (Å²) in [6.45, 7) is 9.12. The van der Waals surface area contributed by atoms with Crippen molar-refractivity contribution in [3.63, 3.8) is 0 Å². The number of carbonyl (C=O) groups is 5. The number of carbonyl (C=O) groups excluding carboxylic acids is 5. The van der Waals surface area contributed by atoms with Crippen LogP contribution in [-0.2, 0) is 24.0 Å². The number of nitrogens with zero attached hydrogens (tertiary/aromatic N) is 3. The van der Waals surface area contributed by atoms with Gasteiger partial charge in [-0.25, -0.2) is 0 Å². The van der Waals surface area contributed by atoms with Crippen LogP contribution in [0.4, 0.5) is 0 Å². The Morgan fingerprint density at radius 2 is 0.510 bits per heavy atom. The minimum absolute atomic E-state index is 0.0716. The zero-order chi connectivity index (χ0) is 36.5. The van der Waals surface area contributed by atoms with E-state index in [0.717, 1.165) is 12.8 Å². The van der Waals surface area contributed by atoms with Crippen LogP contribution in [0.2, 0.25) is 0 Å². The highest BCUT2D eigenvalue weighted by Crippen LogP contribution is 2.04.